The van der Waals surface area contributed by atoms with Gasteiger partial charge in [-0.25, -0.2) is 4.39 Å². The Kier molecular flexibility index (Phi) is 5.68. The van der Waals surface area contributed by atoms with Gasteiger partial charge in [-0.15, -0.1) is 0 Å². The second-order valence-electron chi connectivity index (χ2n) is 5.89. The number of halogens is 1. The molecule has 0 fully saturated rings. The van der Waals surface area contributed by atoms with Crippen LogP contribution in [0.4, 0.5) is 4.39 Å². The van der Waals surface area contributed by atoms with E-state index in [2.05, 4.69) is 5.32 Å². The molecule has 2 N–H and O–H groups in total. The SMILES string of the molecule is CC(C)c1ccccc1C(=O)NCC(C(=O)O)c1ccc(F)cc1. The van der Waals surface area contributed by atoms with Crippen molar-refractivity contribution in [1.82, 2.24) is 5.32 Å². The fourth-order valence-electron chi connectivity index (χ4n) is 2.54. The lowest BCUT2D eigenvalue weighted by Crippen LogP contribution is -2.32. The maximum Gasteiger partial charge on any atom is 0.312 e. The second kappa shape index (κ2) is 7.73. The zero-order valence-electron chi connectivity index (χ0n) is 13.6. The number of carbonyl (C=O) groups excluding carboxylic acids is 1. The van der Waals surface area contributed by atoms with E-state index in [0.717, 1.165) is 5.56 Å². The number of hydrogen-bond donors (Lipinski definition) is 2. The van der Waals surface area contributed by atoms with Crippen LogP contribution < -0.4 is 5.32 Å². The molecule has 2 aromatic rings. The molecule has 0 saturated carbocycles. The summed E-state index contributed by atoms with van der Waals surface area (Å²) < 4.78 is 13.0. The summed E-state index contributed by atoms with van der Waals surface area (Å²) in [5.74, 6) is -2.57. The van der Waals surface area contributed by atoms with Crippen LogP contribution in [0.3, 0.4) is 0 Å². The molecular formula is C19H20FNO3. The minimum atomic E-state index is -1.07. The van der Waals surface area contributed by atoms with Crippen LogP contribution in [0.1, 0.15) is 47.2 Å². The third kappa shape index (κ3) is 4.19. The van der Waals surface area contributed by atoms with Crippen molar-refractivity contribution in [3.8, 4) is 0 Å². The minimum Gasteiger partial charge on any atom is -0.481 e. The molecule has 0 aromatic heterocycles. The number of carbonyl (C=O) groups is 2. The van der Waals surface area contributed by atoms with E-state index in [1.807, 2.05) is 26.0 Å². The lowest BCUT2D eigenvalue weighted by molar-refractivity contribution is -0.138. The van der Waals surface area contributed by atoms with Crippen molar-refractivity contribution in [3.63, 3.8) is 0 Å². The third-order valence-electron chi connectivity index (χ3n) is 3.86. The predicted molar refractivity (Wildman–Crippen MR) is 89.6 cm³/mol. The number of aliphatic carboxylic acids is 1. The van der Waals surface area contributed by atoms with Crippen LogP contribution in [0.25, 0.3) is 0 Å². The van der Waals surface area contributed by atoms with Gasteiger partial charge in [-0.05, 0) is 35.2 Å². The van der Waals surface area contributed by atoms with Crippen molar-refractivity contribution in [2.24, 2.45) is 0 Å². The van der Waals surface area contributed by atoms with E-state index in [-0.39, 0.29) is 18.4 Å². The van der Waals surface area contributed by atoms with Crippen LogP contribution >= 0.6 is 0 Å². The summed E-state index contributed by atoms with van der Waals surface area (Å²) in [6, 6.07) is 12.5. The molecule has 0 spiro atoms. The molecule has 1 amide bonds. The predicted octanol–water partition coefficient (Wildman–Crippen LogP) is 3.55. The van der Waals surface area contributed by atoms with Gasteiger partial charge < -0.3 is 10.4 Å². The van der Waals surface area contributed by atoms with E-state index in [9.17, 15) is 19.1 Å². The molecule has 0 radical (unpaired) electrons. The summed E-state index contributed by atoms with van der Waals surface area (Å²) in [5, 5.41) is 12.1. The number of amides is 1. The summed E-state index contributed by atoms with van der Waals surface area (Å²) in [6.07, 6.45) is 0. The Morgan fingerprint density at radius 1 is 1.08 bits per heavy atom. The van der Waals surface area contributed by atoms with Gasteiger partial charge in [0.25, 0.3) is 5.91 Å². The van der Waals surface area contributed by atoms with Crippen LogP contribution in [0.15, 0.2) is 48.5 Å². The monoisotopic (exact) mass is 329 g/mol. The van der Waals surface area contributed by atoms with Gasteiger partial charge >= 0.3 is 5.97 Å². The normalized spacial score (nSPS) is 12.0. The second-order valence-corrected chi connectivity index (χ2v) is 5.89. The van der Waals surface area contributed by atoms with Gasteiger partial charge in [-0.3, -0.25) is 9.59 Å². The molecule has 0 heterocycles. The zero-order valence-corrected chi connectivity index (χ0v) is 13.6. The van der Waals surface area contributed by atoms with Gasteiger partial charge in [0.2, 0.25) is 0 Å². The van der Waals surface area contributed by atoms with E-state index >= 15 is 0 Å². The summed E-state index contributed by atoms with van der Waals surface area (Å²) in [7, 11) is 0. The fourth-order valence-corrected chi connectivity index (χ4v) is 2.54. The standard InChI is InChI=1S/C19H20FNO3/c1-12(2)15-5-3-4-6-16(15)18(22)21-11-17(19(23)24)13-7-9-14(20)10-8-13/h3-10,12,17H,11H2,1-2H3,(H,21,22)(H,23,24). The van der Waals surface area contributed by atoms with E-state index in [0.29, 0.717) is 11.1 Å². The van der Waals surface area contributed by atoms with E-state index < -0.39 is 17.7 Å². The smallest absolute Gasteiger partial charge is 0.312 e. The molecular weight excluding hydrogens is 309 g/mol. The highest BCUT2D eigenvalue weighted by Crippen LogP contribution is 2.20. The molecule has 0 aliphatic carbocycles. The number of carboxylic acid groups (broad SMARTS) is 1. The van der Waals surface area contributed by atoms with Crippen LogP contribution in [0.5, 0.6) is 0 Å². The first-order valence-electron chi connectivity index (χ1n) is 7.75. The van der Waals surface area contributed by atoms with Crippen LogP contribution in [0, 0.1) is 5.82 Å². The molecule has 2 aromatic carbocycles. The van der Waals surface area contributed by atoms with E-state index in [1.54, 1.807) is 12.1 Å². The highest BCUT2D eigenvalue weighted by molar-refractivity contribution is 5.96. The lowest BCUT2D eigenvalue weighted by atomic mass is 9.96. The molecule has 0 saturated heterocycles. The summed E-state index contributed by atoms with van der Waals surface area (Å²) >= 11 is 0. The lowest BCUT2D eigenvalue weighted by Gasteiger charge is -2.16. The van der Waals surface area contributed by atoms with Crippen molar-refractivity contribution in [2.75, 3.05) is 6.54 Å². The number of hydrogen-bond acceptors (Lipinski definition) is 2. The van der Waals surface area contributed by atoms with Crippen LogP contribution in [0.2, 0.25) is 0 Å². The molecule has 1 unspecified atom stereocenters. The molecule has 126 valence electrons. The van der Waals surface area contributed by atoms with Gasteiger partial charge in [-0.1, -0.05) is 44.2 Å². The largest absolute Gasteiger partial charge is 0.481 e. The van der Waals surface area contributed by atoms with Crippen molar-refractivity contribution < 1.29 is 19.1 Å². The Morgan fingerprint density at radius 3 is 2.29 bits per heavy atom. The quantitative estimate of drug-likeness (QED) is 0.852. The molecule has 0 aliphatic rings. The first-order chi connectivity index (χ1) is 11.4. The summed E-state index contributed by atoms with van der Waals surface area (Å²) in [4.78, 5) is 23.9. The Labute approximate surface area is 140 Å². The molecule has 5 heteroatoms. The number of benzene rings is 2. The van der Waals surface area contributed by atoms with Gasteiger partial charge in [0, 0.05) is 12.1 Å². The van der Waals surface area contributed by atoms with Gasteiger partial charge in [0.05, 0.1) is 5.92 Å². The molecule has 24 heavy (non-hydrogen) atoms. The Bertz CT molecular complexity index is 726. The van der Waals surface area contributed by atoms with Crippen molar-refractivity contribution >= 4 is 11.9 Å². The topological polar surface area (TPSA) is 66.4 Å². The Hall–Kier alpha value is -2.69. The zero-order chi connectivity index (χ0) is 17.7. The number of nitrogens with one attached hydrogen (secondary N) is 1. The number of carboxylic acids is 1. The Balaban J connectivity index is 2.14. The maximum atomic E-state index is 13.0. The Morgan fingerprint density at radius 2 is 1.71 bits per heavy atom. The average molecular weight is 329 g/mol. The third-order valence-corrected chi connectivity index (χ3v) is 3.86. The molecule has 1 atom stereocenters. The highest BCUT2D eigenvalue weighted by Gasteiger charge is 2.22. The maximum absolute atomic E-state index is 13.0. The van der Waals surface area contributed by atoms with Gasteiger partial charge in [0.1, 0.15) is 5.82 Å². The minimum absolute atomic E-state index is 0.0633. The molecule has 4 nitrogen and oxygen atoms in total. The van der Waals surface area contributed by atoms with Gasteiger partial charge in [-0.2, -0.15) is 0 Å². The molecule has 2 rings (SSSR count). The first-order valence-corrected chi connectivity index (χ1v) is 7.75. The molecule has 0 aliphatic heterocycles. The van der Waals surface area contributed by atoms with Crippen LogP contribution in [-0.4, -0.2) is 23.5 Å². The van der Waals surface area contributed by atoms with E-state index in [4.69, 9.17) is 0 Å². The number of rotatable bonds is 6. The summed E-state index contributed by atoms with van der Waals surface area (Å²) in [5.41, 5.74) is 1.89. The average Bonchev–Trinajstić information content (AvgIpc) is 2.56. The van der Waals surface area contributed by atoms with Crippen molar-refractivity contribution in [1.29, 1.82) is 0 Å². The van der Waals surface area contributed by atoms with Crippen molar-refractivity contribution in [3.05, 3.63) is 71.0 Å². The summed E-state index contributed by atoms with van der Waals surface area (Å²) in [6.45, 7) is 3.92. The first kappa shape index (κ1) is 17.7. The van der Waals surface area contributed by atoms with E-state index in [1.165, 1.54) is 24.3 Å². The molecule has 0 bridgehead atoms. The van der Waals surface area contributed by atoms with Crippen LogP contribution in [-0.2, 0) is 4.79 Å². The van der Waals surface area contributed by atoms with Gasteiger partial charge in [0.15, 0.2) is 0 Å². The highest BCUT2D eigenvalue weighted by atomic mass is 19.1. The van der Waals surface area contributed by atoms with Crippen molar-refractivity contribution in [2.45, 2.75) is 25.7 Å². The fraction of sp³-hybridized carbons (Fsp3) is 0.263.